The standard InChI is InChI=1S/C15H24N2O2/c1-3-5-6-7-8-9-14(18)16-13-10-11-15(19)17(4-2)12-13/h10-12H,3-9H2,1-2H3,(H,16,18). The molecule has 0 unspecified atom stereocenters. The highest BCUT2D eigenvalue weighted by Crippen LogP contribution is 2.08. The minimum atomic E-state index is -0.0416. The van der Waals surface area contributed by atoms with Gasteiger partial charge in [0.25, 0.3) is 5.56 Å². The van der Waals surface area contributed by atoms with E-state index in [0.717, 1.165) is 12.8 Å². The van der Waals surface area contributed by atoms with Gasteiger partial charge in [-0.2, -0.15) is 0 Å². The van der Waals surface area contributed by atoms with Crippen molar-refractivity contribution in [2.45, 2.75) is 58.9 Å². The quantitative estimate of drug-likeness (QED) is 0.733. The maximum Gasteiger partial charge on any atom is 0.250 e. The molecule has 1 aromatic heterocycles. The molecule has 0 spiro atoms. The number of nitrogens with zero attached hydrogens (tertiary/aromatic N) is 1. The predicted octanol–water partition coefficient (Wildman–Crippen LogP) is 3.17. The smallest absolute Gasteiger partial charge is 0.250 e. The zero-order valence-corrected chi connectivity index (χ0v) is 11.9. The molecule has 0 saturated heterocycles. The summed E-state index contributed by atoms with van der Waals surface area (Å²) in [6, 6.07) is 3.14. The molecule has 0 aliphatic heterocycles. The van der Waals surface area contributed by atoms with E-state index in [0.29, 0.717) is 18.7 Å². The van der Waals surface area contributed by atoms with Gasteiger partial charge in [0.05, 0.1) is 5.69 Å². The van der Waals surface area contributed by atoms with Crippen molar-refractivity contribution < 1.29 is 4.79 Å². The zero-order chi connectivity index (χ0) is 14.1. The van der Waals surface area contributed by atoms with Gasteiger partial charge in [-0.3, -0.25) is 9.59 Å². The Balaban J connectivity index is 2.38. The fraction of sp³-hybridized carbons (Fsp3) is 0.600. The number of rotatable bonds is 8. The molecule has 0 aliphatic carbocycles. The van der Waals surface area contributed by atoms with Gasteiger partial charge in [0.1, 0.15) is 0 Å². The Bertz CT molecular complexity index is 452. The fourth-order valence-corrected chi connectivity index (χ4v) is 1.97. The van der Waals surface area contributed by atoms with E-state index in [1.54, 1.807) is 16.8 Å². The van der Waals surface area contributed by atoms with Crippen LogP contribution in [0, 0.1) is 0 Å². The van der Waals surface area contributed by atoms with Crippen LogP contribution in [0.15, 0.2) is 23.1 Å². The van der Waals surface area contributed by atoms with Crippen LogP contribution < -0.4 is 10.9 Å². The summed E-state index contributed by atoms with van der Waals surface area (Å²) in [6.07, 6.45) is 7.93. The molecule has 106 valence electrons. The first-order chi connectivity index (χ1) is 9.17. The number of carbonyl (C=O) groups excluding carboxylic acids is 1. The van der Waals surface area contributed by atoms with Gasteiger partial charge in [0.2, 0.25) is 5.91 Å². The summed E-state index contributed by atoms with van der Waals surface area (Å²) in [4.78, 5) is 23.1. The van der Waals surface area contributed by atoms with Gasteiger partial charge in [0.15, 0.2) is 0 Å². The summed E-state index contributed by atoms with van der Waals surface area (Å²) < 4.78 is 1.58. The monoisotopic (exact) mass is 264 g/mol. The molecule has 1 heterocycles. The van der Waals surface area contributed by atoms with Gasteiger partial charge < -0.3 is 9.88 Å². The SMILES string of the molecule is CCCCCCCC(=O)Nc1ccc(=O)n(CC)c1. The summed E-state index contributed by atoms with van der Waals surface area (Å²) >= 11 is 0. The molecule has 0 saturated carbocycles. The van der Waals surface area contributed by atoms with E-state index >= 15 is 0 Å². The highest BCUT2D eigenvalue weighted by Gasteiger charge is 2.03. The van der Waals surface area contributed by atoms with Crippen molar-refractivity contribution in [1.82, 2.24) is 4.57 Å². The molecule has 0 radical (unpaired) electrons. The first-order valence-corrected chi connectivity index (χ1v) is 7.17. The first kappa shape index (κ1) is 15.5. The summed E-state index contributed by atoms with van der Waals surface area (Å²) in [5, 5.41) is 2.84. The second-order valence-corrected chi connectivity index (χ2v) is 4.75. The lowest BCUT2D eigenvalue weighted by Crippen LogP contribution is -2.19. The molecule has 4 nitrogen and oxygen atoms in total. The minimum Gasteiger partial charge on any atom is -0.325 e. The fourth-order valence-electron chi connectivity index (χ4n) is 1.97. The molecule has 4 heteroatoms. The summed E-state index contributed by atoms with van der Waals surface area (Å²) in [7, 11) is 0. The maximum absolute atomic E-state index is 11.7. The van der Waals surface area contributed by atoms with Crippen molar-refractivity contribution in [1.29, 1.82) is 0 Å². The lowest BCUT2D eigenvalue weighted by molar-refractivity contribution is -0.116. The third-order valence-electron chi connectivity index (χ3n) is 3.12. The molecule has 1 amide bonds. The Morgan fingerprint density at radius 3 is 2.58 bits per heavy atom. The van der Waals surface area contributed by atoms with Crippen molar-refractivity contribution in [2.24, 2.45) is 0 Å². The summed E-state index contributed by atoms with van der Waals surface area (Å²) in [6.45, 7) is 4.69. The molecular formula is C15H24N2O2. The van der Waals surface area contributed by atoms with Gasteiger partial charge in [-0.1, -0.05) is 32.6 Å². The largest absolute Gasteiger partial charge is 0.325 e. The van der Waals surface area contributed by atoms with Crippen LogP contribution in [-0.4, -0.2) is 10.5 Å². The van der Waals surface area contributed by atoms with Crippen molar-refractivity contribution in [3.8, 4) is 0 Å². The van der Waals surface area contributed by atoms with E-state index in [-0.39, 0.29) is 11.5 Å². The predicted molar refractivity (Wildman–Crippen MR) is 78.4 cm³/mol. The number of unbranched alkanes of at least 4 members (excludes halogenated alkanes) is 4. The molecule has 0 atom stereocenters. The Morgan fingerprint density at radius 2 is 1.89 bits per heavy atom. The van der Waals surface area contributed by atoms with E-state index in [1.807, 2.05) is 6.92 Å². The molecule has 0 bridgehead atoms. The molecule has 1 N–H and O–H groups in total. The number of carbonyl (C=O) groups is 1. The van der Waals surface area contributed by atoms with Crippen LogP contribution in [-0.2, 0) is 11.3 Å². The number of hydrogen-bond donors (Lipinski definition) is 1. The number of anilines is 1. The summed E-state index contributed by atoms with van der Waals surface area (Å²) in [5.74, 6) is 0.0257. The molecule has 0 aliphatic rings. The van der Waals surface area contributed by atoms with Crippen LogP contribution in [0.1, 0.15) is 52.4 Å². The van der Waals surface area contributed by atoms with Crippen molar-refractivity contribution in [2.75, 3.05) is 5.32 Å². The average Bonchev–Trinajstić information content (AvgIpc) is 2.40. The highest BCUT2D eigenvalue weighted by molar-refractivity contribution is 5.90. The molecule has 0 fully saturated rings. The van der Waals surface area contributed by atoms with Crippen LogP contribution in [0.2, 0.25) is 0 Å². The van der Waals surface area contributed by atoms with Crippen molar-refractivity contribution >= 4 is 11.6 Å². The van der Waals surface area contributed by atoms with E-state index in [4.69, 9.17) is 0 Å². The van der Waals surface area contributed by atoms with E-state index < -0.39 is 0 Å². The van der Waals surface area contributed by atoms with Crippen LogP contribution in [0.5, 0.6) is 0 Å². The molecule has 19 heavy (non-hydrogen) atoms. The van der Waals surface area contributed by atoms with Crippen molar-refractivity contribution in [3.05, 3.63) is 28.7 Å². The topological polar surface area (TPSA) is 51.1 Å². The van der Waals surface area contributed by atoms with E-state index in [1.165, 1.54) is 25.3 Å². The highest BCUT2D eigenvalue weighted by atomic mass is 16.1. The van der Waals surface area contributed by atoms with Gasteiger partial charge in [-0.15, -0.1) is 0 Å². The molecule has 1 aromatic rings. The number of aryl methyl sites for hydroxylation is 1. The normalized spacial score (nSPS) is 10.4. The number of amides is 1. The van der Waals surface area contributed by atoms with Crippen LogP contribution in [0.3, 0.4) is 0 Å². The average molecular weight is 264 g/mol. The van der Waals surface area contributed by atoms with Crippen LogP contribution in [0.4, 0.5) is 5.69 Å². The summed E-state index contributed by atoms with van der Waals surface area (Å²) in [5.41, 5.74) is 0.653. The van der Waals surface area contributed by atoms with Crippen LogP contribution in [0.25, 0.3) is 0 Å². The van der Waals surface area contributed by atoms with E-state index in [9.17, 15) is 9.59 Å². The molecular weight excluding hydrogens is 240 g/mol. The van der Waals surface area contributed by atoms with Crippen molar-refractivity contribution in [3.63, 3.8) is 0 Å². The second kappa shape index (κ2) is 8.51. The Morgan fingerprint density at radius 1 is 1.16 bits per heavy atom. The number of aromatic nitrogens is 1. The zero-order valence-electron chi connectivity index (χ0n) is 11.9. The number of pyridine rings is 1. The Labute approximate surface area is 114 Å². The van der Waals surface area contributed by atoms with Gasteiger partial charge in [-0.25, -0.2) is 0 Å². The van der Waals surface area contributed by atoms with Gasteiger partial charge in [0, 0.05) is 25.2 Å². The van der Waals surface area contributed by atoms with Gasteiger partial charge >= 0.3 is 0 Å². The van der Waals surface area contributed by atoms with Gasteiger partial charge in [-0.05, 0) is 19.4 Å². The van der Waals surface area contributed by atoms with E-state index in [2.05, 4.69) is 12.2 Å². The number of hydrogen-bond acceptors (Lipinski definition) is 2. The second-order valence-electron chi connectivity index (χ2n) is 4.75. The third-order valence-corrected chi connectivity index (χ3v) is 3.12. The minimum absolute atomic E-state index is 0.0257. The molecule has 0 aromatic carbocycles. The molecule has 1 rings (SSSR count). The van der Waals surface area contributed by atoms with Crippen LogP contribution >= 0.6 is 0 Å². The first-order valence-electron chi connectivity index (χ1n) is 7.17. The Hall–Kier alpha value is -1.58. The number of nitrogens with one attached hydrogen (secondary N) is 1. The lowest BCUT2D eigenvalue weighted by Gasteiger charge is -2.07. The lowest BCUT2D eigenvalue weighted by atomic mass is 10.1. The Kier molecular flexibility index (Phi) is 6.93. The maximum atomic E-state index is 11.7. The third kappa shape index (κ3) is 5.73.